The van der Waals surface area contributed by atoms with E-state index >= 15 is 0 Å². The van der Waals surface area contributed by atoms with Crippen molar-refractivity contribution in [2.75, 3.05) is 0 Å². The van der Waals surface area contributed by atoms with Crippen LogP contribution in [0.3, 0.4) is 0 Å². The molecule has 1 unspecified atom stereocenters. The summed E-state index contributed by atoms with van der Waals surface area (Å²) in [6, 6.07) is 11.1. The van der Waals surface area contributed by atoms with E-state index in [-0.39, 0.29) is 23.9 Å². The zero-order chi connectivity index (χ0) is 22.4. The van der Waals surface area contributed by atoms with Crippen LogP contribution in [0.2, 0.25) is 5.02 Å². The van der Waals surface area contributed by atoms with Gasteiger partial charge in [-0.25, -0.2) is 0 Å². The fourth-order valence-electron chi connectivity index (χ4n) is 2.54. The highest BCUT2D eigenvalue weighted by molar-refractivity contribution is 8.15. The summed E-state index contributed by atoms with van der Waals surface area (Å²) in [4.78, 5) is 33.1. The van der Waals surface area contributed by atoms with Gasteiger partial charge >= 0.3 is 5.97 Å². The predicted octanol–water partition coefficient (Wildman–Crippen LogP) is 3.22. The van der Waals surface area contributed by atoms with E-state index in [0.717, 1.165) is 17.3 Å². The first-order valence-corrected chi connectivity index (χ1v) is 10.0. The monoisotopic (exact) mass is 462 g/mol. The number of hydrogen-bond donors (Lipinski definition) is 2. The van der Waals surface area contributed by atoms with Crippen LogP contribution in [0.1, 0.15) is 17.5 Å². The zero-order valence-corrected chi connectivity index (χ0v) is 17.3. The van der Waals surface area contributed by atoms with Gasteiger partial charge in [0.1, 0.15) is 17.6 Å². The van der Waals surface area contributed by atoms with Crippen molar-refractivity contribution in [1.82, 2.24) is 5.32 Å². The Morgan fingerprint density at radius 2 is 2.13 bits per heavy atom. The number of non-ortho nitro benzene ring substituents is 1. The minimum absolute atomic E-state index is 0.135. The van der Waals surface area contributed by atoms with Crippen molar-refractivity contribution in [3.05, 3.63) is 68.7 Å². The summed E-state index contributed by atoms with van der Waals surface area (Å²) in [7, 11) is 0. The molecule has 0 aromatic heterocycles. The van der Waals surface area contributed by atoms with Crippen molar-refractivity contribution in [3.8, 4) is 5.75 Å². The van der Waals surface area contributed by atoms with Crippen molar-refractivity contribution in [2.24, 2.45) is 10.2 Å². The predicted molar refractivity (Wildman–Crippen MR) is 116 cm³/mol. The zero-order valence-electron chi connectivity index (χ0n) is 15.7. The van der Waals surface area contributed by atoms with E-state index in [1.165, 1.54) is 24.4 Å². The third kappa shape index (κ3) is 6.03. The number of nitrogens with zero attached hydrogens (tertiary/aromatic N) is 3. The average Bonchev–Trinajstić information content (AvgIpc) is 3.06. The molecule has 1 fully saturated rings. The number of thioether (sulfide) groups is 1. The summed E-state index contributed by atoms with van der Waals surface area (Å²) >= 11 is 7.07. The van der Waals surface area contributed by atoms with Gasteiger partial charge < -0.3 is 15.2 Å². The van der Waals surface area contributed by atoms with Gasteiger partial charge in [-0.15, -0.1) is 5.10 Å². The van der Waals surface area contributed by atoms with Crippen LogP contribution in [0.5, 0.6) is 5.75 Å². The smallest absolute Gasteiger partial charge is 0.305 e. The van der Waals surface area contributed by atoms with E-state index in [1.54, 1.807) is 18.2 Å². The van der Waals surface area contributed by atoms with E-state index < -0.39 is 22.0 Å². The highest BCUT2D eigenvalue weighted by Gasteiger charge is 2.32. The largest absolute Gasteiger partial charge is 0.488 e. The molecule has 0 spiro atoms. The molecule has 0 aliphatic carbocycles. The summed E-state index contributed by atoms with van der Waals surface area (Å²) < 4.78 is 5.75. The maximum Gasteiger partial charge on any atom is 0.305 e. The van der Waals surface area contributed by atoms with Gasteiger partial charge in [0.15, 0.2) is 5.17 Å². The lowest BCUT2D eigenvalue weighted by atomic mass is 10.2. The molecule has 160 valence electrons. The van der Waals surface area contributed by atoms with Gasteiger partial charge in [-0.2, -0.15) is 5.10 Å². The molecule has 12 heteroatoms. The molecule has 1 heterocycles. The normalized spacial score (nSPS) is 17.1. The Balaban J connectivity index is 1.77. The first kappa shape index (κ1) is 22.2. The number of amidine groups is 1. The molecule has 1 aliphatic heterocycles. The number of amides is 1. The van der Waals surface area contributed by atoms with Crippen LogP contribution in [0, 0.1) is 10.1 Å². The van der Waals surface area contributed by atoms with Crippen LogP contribution in [-0.4, -0.2) is 38.5 Å². The number of nitro benzene ring substituents is 1. The van der Waals surface area contributed by atoms with Gasteiger partial charge in [-0.1, -0.05) is 41.6 Å². The topological polar surface area (TPSA) is 143 Å². The quantitative estimate of drug-likeness (QED) is 0.348. The Morgan fingerprint density at radius 3 is 2.84 bits per heavy atom. The van der Waals surface area contributed by atoms with Crippen molar-refractivity contribution < 1.29 is 24.4 Å². The maximum atomic E-state index is 11.7. The number of carboxylic acid groups (broad SMARTS) is 1. The molecular formula is C19H15ClN4O6S. The molecule has 1 aliphatic rings. The first-order valence-electron chi connectivity index (χ1n) is 8.78. The summed E-state index contributed by atoms with van der Waals surface area (Å²) in [6.45, 7) is 0.135. The Bertz CT molecular complexity index is 1090. The number of hydrogen-bond acceptors (Lipinski definition) is 8. The number of nitrogens with one attached hydrogen (secondary N) is 1. The number of rotatable bonds is 8. The van der Waals surface area contributed by atoms with E-state index in [1.807, 2.05) is 6.07 Å². The van der Waals surface area contributed by atoms with Crippen molar-refractivity contribution in [1.29, 1.82) is 0 Å². The first-order chi connectivity index (χ1) is 14.8. The number of carboxylic acids is 1. The lowest BCUT2D eigenvalue weighted by Gasteiger charge is -2.10. The molecule has 0 radical (unpaired) electrons. The molecule has 10 nitrogen and oxygen atoms in total. The minimum atomic E-state index is -1.10. The molecule has 1 amide bonds. The van der Waals surface area contributed by atoms with E-state index in [4.69, 9.17) is 21.4 Å². The Kier molecular flexibility index (Phi) is 7.21. The maximum absolute atomic E-state index is 11.7. The van der Waals surface area contributed by atoms with Gasteiger partial charge in [0, 0.05) is 28.3 Å². The van der Waals surface area contributed by atoms with Gasteiger partial charge in [0.25, 0.3) is 5.69 Å². The number of benzene rings is 2. The molecule has 2 aromatic carbocycles. The average molecular weight is 463 g/mol. The molecule has 0 saturated carbocycles. The number of ether oxygens (including phenoxy) is 1. The Hall–Kier alpha value is -3.44. The number of nitro groups is 1. The molecule has 31 heavy (non-hydrogen) atoms. The van der Waals surface area contributed by atoms with Gasteiger partial charge in [-0.05, 0) is 12.1 Å². The number of aliphatic carboxylic acids is 1. The molecule has 2 aromatic rings. The molecule has 1 atom stereocenters. The number of halogens is 1. The fourth-order valence-corrected chi connectivity index (χ4v) is 3.65. The lowest BCUT2D eigenvalue weighted by Crippen LogP contribution is -2.26. The standard InChI is InChI=1S/C19H15ClN4O6S/c20-14-4-2-1-3-11(14)10-30-15-6-5-13(24(28)29)7-12(15)9-21-23-19-22-18(27)16(31-19)8-17(25)26/h1-7,9,16H,8,10H2,(H,25,26)(H,22,23,27)/b21-9+. The molecule has 1 saturated heterocycles. The van der Waals surface area contributed by atoms with Crippen molar-refractivity contribution in [2.45, 2.75) is 18.3 Å². The summed E-state index contributed by atoms with van der Waals surface area (Å²) in [5.74, 6) is -1.25. The SMILES string of the molecule is O=C(O)CC1S/C(=N/N=C/c2cc([N+](=O)[O-])ccc2OCc2ccccc2Cl)NC1=O. The van der Waals surface area contributed by atoms with Crippen molar-refractivity contribution in [3.63, 3.8) is 0 Å². The second-order valence-electron chi connectivity index (χ2n) is 6.20. The highest BCUT2D eigenvalue weighted by Crippen LogP contribution is 2.26. The van der Waals surface area contributed by atoms with Crippen LogP contribution >= 0.6 is 23.4 Å². The van der Waals surface area contributed by atoms with Gasteiger partial charge in [-0.3, -0.25) is 19.7 Å². The van der Waals surface area contributed by atoms with Crippen LogP contribution in [0.4, 0.5) is 5.69 Å². The summed E-state index contributed by atoms with van der Waals surface area (Å²) in [6.07, 6.45) is 0.906. The number of carbonyl (C=O) groups is 2. The van der Waals surface area contributed by atoms with E-state index in [2.05, 4.69) is 15.5 Å². The Labute approximate surface area is 185 Å². The summed E-state index contributed by atoms with van der Waals surface area (Å²) in [5.41, 5.74) is 0.867. The highest BCUT2D eigenvalue weighted by atomic mass is 35.5. The van der Waals surface area contributed by atoms with Crippen LogP contribution in [-0.2, 0) is 16.2 Å². The second kappa shape index (κ2) is 10.0. The molecule has 2 N–H and O–H groups in total. The van der Waals surface area contributed by atoms with E-state index in [9.17, 15) is 19.7 Å². The lowest BCUT2D eigenvalue weighted by molar-refractivity contribution is -0.384. The third-order valence-corrected chi connectivity index (χ3v) is 5.47. The molecular weight excluding hydrogens is 448 g/mol. The van der Waals surface area contributed by atoms with Gasteiger partial charge in [0.2, 0.25) is 5.91 Å². The summed E-state index contributed by atoms with van der Waals surface area (Å²) in [5, 5.41) is 29.9. The minimum Gasteiger partial charge on any atom is -0.488 e. The van der Waals surface area contributed by atoms with Crippen LogP contribution < -0.4 is 10.1 Å². The van der Waals surface area contributed by atoms with E-state index in [0.29, 0.717) is 16.3 Å². The third-order valence-electron chi connectivity index (χ3n) is 4.03. The molecule has 3 rings (SSSR count). The fraction of sp³-hybridized carbons (Fsp3) is 0.158. The molecule has 0 bridgehead atoms. The van der Waals surface area contributed by atoms with Crippen molar-refractivity contribution >= 4 is 52.3 Å². The number of carbonyl (C=O) groups excluding carboxylic acids is 1. The Morgan fingerprint density at radius 1 is 1.35 bits per heavy atom. The van der Waals surface area contributed by atoms with Crippen LogP contribution in [0.15, 0.2) is 52.7 Å². The van der Waals surface area contributed by atoms with Crippen LogP contribution in [0.25, 0.3) is 0 Å². The second-order valence-corrected chi connectivity index (χ2v) is 7.80. The van der Waals surface area contributed by atoms with Gasteiger partial charge in [0.05, 0.1) is 17.6 Å².